The summed E-state index contributed by atoms with van der Waals surface area (Å²) in [6.07, 6.45) is 2.88. The smallest absolute Gasteiger partial charge is 0.240 e. The first-order valence-electron chi connectivity index (χ1n) is 9.07. The van der Waals surface area contributed by atoms with Gasteiger partial charge in [0.2, 0.25) is 10.0 Å². The van der Waals surface area contributed by atoms with Crippen molar-refractivity contribution in [3.05, 3.63) is 58.9 Å². The van der Waals surface area contributed by atoms with Gasteiger partial charge in [-0.3, -0.25) is 4.90 Å². The maximum Gasteiger partial charge on any atom is 0.240 e. The first-order valence-corrected chi connectivity index (χ1v) is 12.8. The molecule has 10 heteroatoms. The van der Waals surface area contributed by atoms with E-state index in [4.69, 9.17) is 11.6 Å². The van der Waals surface area contributed by atoms with Gasteiger partial charge in [0, 0.05) is 23.4 Å². The van der Waals surface area contributed by atoms with Gasteiger partial charge in [0.05, 0.1) is 15.8 Å². The highest BCUT2D eigenvalue weighted by atomic mass is 35.5. The van der Waals surface area contributed by atoms with Crippen molar-refractivity contribution in [3.63, 3.8) is 0 Å². The summed E-state index contributed by atoms with van der Waals surface area (Å²) in [5, 5.41) is 0.236. The fraction of sp³-hybridized carbons (Fsp3) is 0.368. The number of nitrogens with one attached hydrogen (secondary N) is 1. The molecule has 1 atom stereocenters. The summed E-state index contributed by atoms with van der Waals surface area (Å²) in [4.78, 5) is 1.74. The molecule has 0 amide bonds. The zero-order chi connectivity index (χ0) is 21.2. The minimum absolute atomic E-state index is 0.0892. The molecule has 1 aliphatic rings. The first kappa shape index (κ1) is 22.2. The van der Waals surface area contributed by atoms with Crippen LogP contribution in [-0.4, -0.2) is 47.6 Å². The molecule has 1 heterocycles. The van der Waals surface area contributed by atoms with Crippen molar-refractivity contribution in [2.24, 2.45) is 0 Å². The topological polar surface area (TPSA) is 83.5 Å². The summed E-state index contributed by atoms with van der Waals surface area (Å²) in [7, 11) is -7.56. The molecule has 1 aliphatic heterocycles. The Morgan fingerprint density at radius 2 is 1.69 bits per heavy atom. The van der Waals surface area contributed by atoms with Gasteiger partial charge in [-0.25, -0.2) is 25.9 Å². The summed E-state index contributed by atoms with van der Waals surface area (Å²) >= 11 is 6.23. The fourth-order valence-electron chi connectivity index (χ4n) is 3.44. The van der Waals surface area contributed by atoms with Crippen molar-refractivity contribution in [3.8, 4) is 0 Å². The average Bonchev–Trinajstić information content (AvgIpc) is 3.18. The maximum absolute atomic E-state index is 14.5. The quantitative estimate of drug-likeness (QED) is 0.686. The van der Waals surface area contributed by atoms with Crippen LogP contribution in [0.15, 0.2) is 52.3 Å². The molecule has 1 unspecified atom stereocenters. The molecule has 2 aromatic rings. The molecule has 1 fully saturated rings. The number of sulfonamides is 1. The molecule has 158 valence electrons. The van der Waals surface area contributed by atoms with Gasteiger partial charge in [-0.2, -0.15) is 0 Å². The molecule has 0 radical (unpaired) electrons. The Hall–Kier alpha value is -1.52. The Morgan fingerprint density at radius 1 is 1.07 bits per heavy atom. The molecule has 0 saturated carbocycles. The molecular formula is C19H22ClFN2O4S2. The second-order valence-electron chi connectivity index (χ2n) is 6.99. The van der Waals surface area contributed by atoms with Crippen LogP contribution in [0.3, 0.4) is 0 Å². The van der Waals surface area contributed by atoms with E-state index in [2.05, 4.69) is 4.72 Å². The van der Waals surface area contributed by atoms with Crippen LogP contribution in [0.5, 0.6) is 0 Å². The Bertz CT molecular complexity index is 1080. The molecule has 2 aromatic carbocycles. The predicted molar refractivity (Wildman–Crippen MR) is 110 cm³/mol. The van der Waals surface area contributed by atoms with Gasteiger partial charge in [0.25, 0.3) is 0 Å². The van der Waals surface area contributed by atoms with Gasteiger partial charge in [-0.15, -0.1) is 0 Å². The standard InChI is InChI=1S/C19H22ClFN2O4S2/c1-28(24,25)14-6-4-7-15(12-14)29(26,27)22-13-18(23-10-2-3-11-23)19-16(20)8-5-9-17(19)21/h4-9,12,18,22H,2-3,10-11,13H2,1H3. The van der Waals surface area contributed by atoms with Gasteiger partial charge >= 0.3 is 0 Å². The lowest BCUT2D eigenvalue weighted by atomic mass is 10.0. The van der Waals surface area contributed by atoms with Crippen LogP contribution in [0.25, 0.3) is 0 Å². The summed E-state index contributed by atoms with van der Waals surface area (Å²) < 4.78 is 66.0. The highest BCUT2D eigenvalue weighted by molar-refractivity contribution is 7.91. The Kier molecular flexibility index (Phi) is 6.64. The third kappa shape index (κ3) is 5.16. The number of nitrogens with zero attached hydrogens (tertiary/aromatic N) is 1. The van der Waals surface area contributed by atoms with Gasteiger partial charge in [0.1, 0.15) is 5.82 Å². The first-order chi connectivity index (χ1) is 13.6. The highest BCUT2D eigenvalue weighted by Crippen LogP contribution is 2.32. The van der Waals surface area contributed by atoms with Crippen LogP contribution in [0.4, 0.5) is 4.39 Å². The second-order valence-corrected chi connectivity index (χ2v) is 11.2. The van der Waals surface area contributed by atoms with E-state index in [0.29, 0.717) is 13.1 Å². The SMILES string of the molecule is CS(=O)(=O)c1cccc(S(=O)(=O)NCC(c2c(F)cccc2Cl)N2CCCC2)c1. The third-order valence-corrected chi connectivity index (χ3v) is 7.79. The molecule has 3 rings (SSSR count). The Morgan fingerprint density at radius 3 is 2.31 bits per heavy atom. The summed E-state index contributed by atoms with van der Waals surface area (Å²) in [6, 6.07) is 8.94. The van der Waals surface area contributed by atoms with Crippen LogP contribution in [0.2, 0.25) is 5.02 Å². The van der Waals surface area contributed by atoms with Crippen molar-refractivity contribution in [1.82, 2.24) is 9.62 Å². The maximum atomic E-state index is 14.5. The van der Waals surface area contributed by atoms with E-state index in [9.17, 15) is 21.2 Å². The normalized spacial score (nSPS) is 16.8. The lowest BCUT2D eigenvalue weighted by Crippen LogP contribution is -2.37. The summed E-state index contributed by atoms with van der Waals surface area (Å²) in [5.74, 6) is -0.493. The van der Waals surface area contributed by atoms with E-state index >= 15 is 0 Å². The zero-order valence-electron chi connectivity index (χ0n) is 15.8. The third-order valence-electron chi connectivity index (χ3n) is 4.93. The fourth-order valence-corrected chi connectivity index (χ4v) is 5.55. The number of benzene rings is 2. The minimum atomic E-state index is -4.01. The number of hydrogen-bond donors (Lipinski definition) is 1. The van der Waals surface area contributed by atoms with Gasteiger partial charge < -0.3 is 0 Å². The Balaban J connectivity index is 1.89. The van der Waals surface area contributed by atoms with Crippen molar-refractivity contribution >= 4 is 31.5 Å². The predicted octanol–water partition coefficient (Wildman–Crippen LogP) is 3.00. The molecule has 1 N–H and O–H groups in total. The molecular weight excluding hydrogens is 439 g/mol. The van der Waals surface area contributed by atoms with Crippen molar-refractivity contribution in [1.29, 1.82) is 0 Å². The van der Waals surface area contributed by atoms with E-state index in [1.54, 1.807) is 6.07 Å². The number of rotatable bonds is 7. The van der Waals surface area contributed by atoms with Crippen molar-refractivity contribution < 1.29 is 21.2 Å². The number of hydrogen-bond acceptors (Lipinski definition) is 5. The summed E-state index contributed by atoms with van der Waals surface area (Å²) in [6.45, 7) is 1.33. The molecule has 0 bridgehead atoms. The molecule has 0 aromatic heterocycles. The van der Waals surface area contributed by atoms with E-state index in [-0.39, 0.29) is 26.9 Å². The van der Waals surface area contributed by atoms with Crippen LogP contribution >= 0.6 is 11.6 Å². The van der Waals surface area contributed by atoms with E-state index in [1.807, 2.05) is 4.90 Å². The van der Waals surface area contributed by atoms with Gasteiger partial charge in [0.15, 0.2) is 9.84 Å². The number of likely N-dealkylation sites (tertiary alicyclic amines) is 1. The lowest BCUT2D eigenvalue weighted by Gasteiger charge is -2.29. The molecule has 1 saturated heterocycles. The van der Waals surface area contributed by atoms with E-state index in [1.165, 1.54) is 30.3 Å². The zero-order valence-corrected chi connectivity index (χ0v) is 18.2. The molecule has 0 spiro atoms. The van der Waals surface area contributed by atoms with Crippen LogP contribution < -0.4 is 4.72 Å². The largest absolute Gasteiger partial charge is 0.295 e. The number of halogens is 2. The van der Waals surface area contributed by atoms with Crippen LogP contribution in [0.1, 0.15) is 24.4 Å². The van der Waals surface area contributed by atoms with Gasteiger partial charge in [-0.05, 0) is 56.3 Å². The molecule has 0 aliphatic carbocycles. The molecule has 6 nitrogen and oxygen atoms in total. The summed E-state index contributed by atoms with van der Waals surface area (Å²) in [5.41, 5.74) is 0.253. The van der Waals surface area contributed by atoms with Gasteiger partial charge in [-0.1, -0.05) is 23.7 Å². The van der Waals surface area contributed by atoms with Crippen molar-refractivity contribution in [2.75, 3.05) is 25.9 Å². The van der Waals surface area contributed by atoms with Crippen LogP contribution in [-0.2, 0) is 19.9 Å². The molecule has 29 heavy (non-hydrogen) atoms. The average molecular weight is 461 g/mol. The highest BCUT2D eigenvalue weighted by Gasteiger charge is 2.29. The van der Waals surface area contributed by atoms with E-state index < -0.39 is 31.7 Å². The van der Waals surface area contributed by atoms with E-state index in [0.717, 1.165) is 25.2 Å². The second kappa shape index (κ2) is 8.69. The Labute approximate surface area is 175 Å². The lowest BCUT2D eigenvalue weighted by molar-refractivity contribution is 0.241. The van der Waals surface area contributed by atoms with Crippen LogP contribution in [0, 0.1) is 5.82 Å². The van der Waals surface area contributed by atoms with Crippen molar-refractivity contribution in [2.45, 2.75) is 28.7 Å². The number of sulfone groups is 1. The minimum Gasteiger partial charge on any atom is -0.295 e. The monoisotopic (exact) mass is 460 g/mol.